The molecule has 6 heteroatoms. The molecule has 0 fully saturated rings. The third-order valence-electron chi connectivity index (χ3n) is 9.41. The normalized spacial score (nSPS) is 17.4. The summed E-state index contributed by atoms with van der Waals surface area (Å²) in [6.45, 7) is 7.05. The Labute approximate surface area is 263 Å². The Morgan fingerprint density at radius 2 is 1.34 bits per heavy atom. The number of rotatable bonds is 4. The van der Waals surface area contributed by atoms with Gasteiger partial charge in [-0.05, 0) is 53.8 Å². The van der Waals surface area contributed by atoms with E-state index in [0.29, 0.717) is 10.6 Å². The SMILES string of the molecule is CSc1ccc(-c2cccc3c2N(C)C2C=c4c(=O)c5cccc(-c6ccc([Si](C)(C)C)cc6)c5n(C)c4=CC2C3=O)cc1. The number of hydrogen-bond donors (Lipinski definition) is 0. The van der Waals surface area contributed by atoms with Gasteiger partial charge in [0.1, 0.15) is 0 Å². The largest absolute Gasteiger partial charge is 0.366 e. The van der Waals surface area contributed by atoms with Crippen molar-refractivity contribution in [2.75, 3.05) is 18.2 Å². The van der Waals surface area contributed by atoms with Crippen LogP contribution in [0.2, 0.25) is 19.6 Å². The maximum absolute atomic E-state index is 14.2. The average Bonchev–Trinajstić information content (AvgIpc) is 3.04. The molecule has 0 amide bonds. The third kappa shape index (κ3) is 4.42. The highest BCUT2D eigenvalue weighted by atomic mass is 32.2. The molecule has 2 unspecified atom stereocenters. The molecule has 5 aromatic rings. The van der Waals surface area contributed by atoms with Crippen molar-refractivity contribution in [2.45, 2.75) is 30.6 Å². The highest BCUT2D eigenvalue weighted by Gasteiger charge is 2.39. The lowest BCUT2D eigenvalue weighted by atomic mass is 9.80. The van der Waals surface area contributed by atoms with E-state index in [2.05, 4.69) is 96.0 Å². The van der Waals surface area contributed by atoms with E-state index in [4.69, 9.17) is 0 Å². The lowest BCUT2D eigenvalue weighted by Gasteiger charge is -2.40. The number of benzene rings is 4. The van der Waals surface area contributed by atoms with E-state index in [1.807, 2.05) is 50.5 Å². The summed E-state index contributed by atoms with van der Waals surface area (Å²) in [5.74, 6) is -0.296. The second-order valence-corrected chi connectivity index (χ2v) is 18.9. The first-order chi connectivity index (χ1) is 21.1. The van der Waals surface area contributed by atoms with Gasteiger partial charge in [0.2, 0.25) is 0 Å². The van der Waals surface area contributed by atoms with E-state index in [9.17, 15) is 9.59 Å². The van der Waals surface area contributed by atoms with E-state index in [0.717, 1.165) is 44.4 Å². The Morgan fingerprint density at radius 3 is 2.02 bits per heavy atom. The fraction of sp³-hybridized carbons (Fsp3) is 0.211. The number of carbonyl (C=O) groups is 1. The summed E-state index contributed by atoms with van der Waals surface area (Å²) in [7, 11) is 2.64. The van der Waals surface area contributed by atoms with Crippen molar-refractivity contribution in [2.24, 2.45) is 13.0 Å². The molecule has 220 valence electrons. The molecule has 2 heterocycles. The smallest absolute Gasteiger partial charge is 0.196 e. The van der Waals surface area contributed by atoms with Crippen molar-refractivity contribution in [3.8, 4) is 22.3 Å². The fourth-order valence-corrected chi connectivity index (χ4v) is 8.55. The maximum Gasteiger partial charge on any atom is 0.196 e. The van der Waals surface area contributed by atoms with Crippen LogP contribution in [0.1, 0.15) is 10.4 Å². The van der Waals surface area contributed by atoms with Crippen LogP contribution in [-0.4, -0.2) is 37.8 Å². The van der Waals surface area contributed by atoms with Crippen molar-refractivity contribution in [3.63, 3.8) is 0 Å². The van der Waals surface area contributed by atoms with Crippen molar-refractivity contribution >= 4 is 59.5 Å². The zero-order valence-corrected chi connectivity index (χ0v) is 27.8. The molecule has 0 bridgehead atoms. The summed E-state index contributed by atoms with van der Waals surface area (Å²) in [4.78, 5) is 31.8. The first-order valence-corrected chi connectivity index (χ1v) is 19.8. The molecule has 0 radical (unpaired) electrons. The van der Waals surface area contributed by atoms with Crippen LogP contribution in [0.25, 0.3) is 45.3 Å². The van der Waals surface area contributed by atoms with Crippen LogP contribution in [0.4, 0.5) is 5.69 Å². The zero-order valence-electron chi connectivity index (χ0n) is 26.0. The molecule has 0 spiro atoms. The lowest BCUT2D eigenvalue weighted by molar-refractivity contribution is 0.0940. The number of nitrogens with zero attached hydrogens (tertiary/aromatic N) is 2. The molecule has 1 aliphatic heterocycles. The second kappa shape index (κ2) is 10.5. The number of thioether (sulfide) groups is 1. The standard InChI is InChI=1S/C38H36N2O2SSi/c1-39-33-21-32-34(22-31(33)37(41)29-11-7-9-27(35(29)39)23-13-17-25(43-3)18-14-23)40(2)36-28(10-8-12-30(36)38(32)42)24-15-19-26(20-16-24)44(4,5)6/h7-22,31,33H,1-6H3. The number of aromatic nitrogens is 1. The van der Waals surface area contributed by atoms with Crippen LogP contribution in [0.5, 0.6) is 0 Å². The Morgan fingerprint density at radius 1 is 0.727 bits per heavy atom. The number of Topliss-reactive ketones (excluding diaryl/α,β-unsaturated/α-hetero) is 1. The van der Waals surface area contributed by atoms with E-state index >= 15 is 0 Å². The minimum atomic E-state index is -1.43. The van der Waals surface area contributed by atoms with Crippen molar-refractivity contribution < 1.29 is 4.79 Å². The molecule has 4 aromatic carbocycles. The maximum atomic E-state index is 14.2. The fourth-order valence-electron chi connectivity index (χ4n) is 6.98. The molecule has 7 rings (SSSR count). The molecule has 44 heavy (non-hydrogen) atoms. The first-order valence-electron chi connectivity index (χ1n) is 15.1. The van der Waals surface area contributed by atoms with Crippen molar-refractivity contribution in [3.05, 3.63) is 111 Å². The van der Waals surface area contributed by atoms with Gasteiger partial charge in [0.25, 0.3) is 0 Å². The van der Waals surface area contributed by atoms with Gasteiger partial charge in [0.05, 0.1) is 31.2 Å². The van der Waals surface area contributed by atoms with Gasteiger partial charge in [-0.3, -0.25) is 9.59 Å². The van der Waals surface area contributed by atoms with Crippen molar-refractivity contribution in [1.82, 2.24) is 4.57 Å². The summed E-state index contributed by atoms with van der Waals surface area (Å²) in [6, 6.07) is 29.1. The highest BCUT2D eigenvalue weighted by molar-refractivity contribution is 7.98. The number of fused-ring (bicyclic) bond motifs is 4. The van der Waals surface area contributed by atoms with Gasteiger partial charge in [0.15, 0.2) is 11.2 Å². The van der Waals surface area contributed by atoms with Crippen LogP contribution in [0.3, 0.4) is 0 Å². The third-order valence-corrected chi connectivity index (χ3v) is 12.2. The molecule has 2 atom stereocenters. The number of carbonyl (C=O) groups excluding carboxylic acids is 1. The molecule has 1 aliphatic carbocycles. The second-order valence-electron chi connectivity index (χ2n) is 13.0. The van der Waals surface area contributed by atoms with E-state index in [1.54, 1.807) is 11.8 Å². The predicted octanol–water partition coefficient (Wildman–Crippen LogP) is 6.03. The predicted molar refractivity (Wildman–Crippen MR) is 189 cm³/mol. The van der Waals surface area contributed by atoms with Crippen LogP contribution < -0.4 is 26.1 Å². The average molecular weight is 613 g/mol. The molecule has 0 saturated heterocycles. The number of ketones is 1. The summed E-state index contributed by atoms with van der Waals surface area (Å²) >= 11 is 1.71. The molecule has 1 aromatic heterocycles. The van der Waals surface area contributed by atoms with Crippen LogP contribution in [0, 0.1) is 5.92 Å². The van der Waals surface area contributed by atoms with Gasteiger partial charge in [-0.2, -0.15) is 0 Å². The van der Waals surface area contributed by atoms with Gasteiger partial charge in [-0.1, -0.05) is 85.5 Å². The van der Waals surface area contributed by atoms with E-state index < -0.39 is 8.07 Å². The van der Waals surface area contributed by atoms with Crippen LogP contribution in [0.15, 0.2) is 94.6 Å². The zero-order chi connectivity index (χ0) is 30.9. The number of hydrogen-bond acceptors (Lipinski definition) is 4. The summed E-state index contributed by atoms with van der Waals surface area (Å²) in [6.07, 6.45) is 6.14. The minimum absolute atomic E-state index is 0.0101. The van der Waals surface area contributed by atoms with Gasteiger partial charge >= 0.3 is 0 Å². The quantitative estimate of drug-likeness (QED) is 0.184. The molecular weight excluding hydrogens is 577 g/mol. The monoisotopic (exact) mass is 612 g/mol. The summed E-state index contributed by atoms with van der Waals surface area (Å²) < 4.78 is 2.12. The van der Waals surface area contributed by atoms with Crippen LogP contribution >= 0.6 is 11.8 Å². The van der Waals surface area contributed by atoms with Gasteiger partial charge < -0.3 is 9.47 Å². The van der Waals surface area contributed by atoms with Gasteiger partial charge in [-0.15, -0.1) is 11.8 Å². The highest BCUT2D eigenvalue weighted by Crippen LogP contribution is 2.42. The van der Waals surface area contributed by atoms with Gasteiger partial charge in [-0.25, -0.2) is 0 Å². The summed E-state index contributed by atoms with van der Waals surface area (Å²) in [5, 5.41) is 3.57. The van der Waals surface area contributed by atoms with Gasteiger partial charge in [0, 0.05) is 51.6 Å². The molecule has 0 saturated carbocycles. The van der Waals surface area contributed by atoms with E-state index in [-0.39, 0.29) is 23.2 Å². The molecule has 2 aliphatic rings. The topological polar surface area (TPSA) is 42.3 Å². The Bertz CT molecular complexity index is 2160. The molecule has 0 N–H and O–H groups in total. The summed E-state index contributed by atoms with van der Waals surface area (Å²) in [5.41, 5.74) is 6.77. The molecule has 4 nitrogen and oxygen atoms in total. The lowest BCUT2D eigenvalue weighted by Crippen LogP contribution is -2.55. The number of para-hydroxylation sites is 2. The Hall–Kier alpha value is -4.13. The van der Waals surface area contributed by atoms with E-state index in [1.165, 1.54) is 10.1 Å². The van der Waals surface area contributed by atoms with Crippen molar-refractivity contribution in [1.29, 1.82) is 0 Å². The van der Waals surface area contributed by atoms with Crippen LogP contribution in [-0.2, 0) is 7.05 Å². The number of aryl methyl sites for hydroxylation is 1. The number of pyridine rings is 1. The number of anilines is 1. The first kappa shape index (κ1) is 28.6. The minimum Gasteiger partial charge on any atom is -0.366 e. The Balaban J connectivity index is 1.40. The Kier molecular flexibility index (Phi) is 6.83. The molecular formula is C38H36N2O2SSi.